The molecule has 0 nitrogen and oxygen atoms in total. The monoisotopic (exact) mass is 298 g/mol. The first-order valence-electron chi connectivity index (χ1n) is 6.54. The van der Waals surface area contributed by atoms with E-state index < -0.39 is 0 Å². The standard InChI is InChI=1S/6C3H6.C2H3F/c6*1-3-2;1-2-3/h6*3H,1H2,2H3;2H,1H2. The number of allylic oxidation sites excluding steroid dienone is 6. The summed E-state index contributed by atoms with van der Waals surface area (Å²) < 4.78 is 10.1. The third-order valence-electron chi connectivity index (χ3n) is 0. The maximum atomic E-state index is 10.1. The Bertz CT molecular complexity index is 117. The second-order valence-electron chi connectivity index (χ2n) is 2.60. The van der Waals surface area contributed by atoms with Gasteiger partial charge < -0.3 is 0 Å². The van der Waals surface area contributed by atoms with Crippen molar-refractivity contribution in [1.29, 1.82) is 0 Å². The quantitative estimate of drug-likeness (QED) is 0.395. The van der Waals surface area contributed by atoms with Gasteiger partial charge in [0.25, 0.3) is 0 Å². The van der Waals surface area contributed by atoms with E-state index in [1.807, 2.05) is 41.5 Å². The maximum absolute atomic E-state index is 10.1. The van der Waals surface area contributed by atoms with Crippen LogP contribution in [0.3, 0.4) is 0 Å². The van der Waals surface area contributed by atoms with E-state index in [0.717, 1.165) is 0 Å². The predicted octanol–water partition coefficient (Wildman–Crippen LogP) is 8.25. The Labute approximate surface area is 135 Å². The molecule has 0 aromatic rings. The van der Waals surface area contributed by atoms with Crippen molar-refractivity contribution in [3.8, 4) is 0 Å². The van der Waals surface area contributed by atoms with E-state index >= 15 is 0 Å². The predicted molar refractivity (Wildman–Crippen MR) is 107 cm³/mol. The summed E-state index contributed by atoms with van der Waals surface area (Å²) >= 11 is 0. The van der Waals surface area contributed by atoms with Gasteiger partial charge in [-0.25, -0.2) is 4.39 Å². The molecule has 0 saturated heterocycles. The average Bonchev–Trinajstić information content (AvgIpc) is 2.35. The average molecular weight is 299 g/mol. The van der Waals surface area contributed by atoms with E-state index in [4.69, 9.17) is 0 Å². The Morgan fingerprint density at radius 3 is 0.429 bits per heavy atom. The van der Waals surface area contributed by atoms with Crippen molar-refractivity contribution in [3.05, 3.63) is 88.8 Å². The van der Waals surface area contributed by atoms with Crippen LogP contribution in [0.5, 0.6) is 0 Å². The number of rotatable bonds is 0. The van der Waals surface area contributed by atoms with Crippen LogP contribution in [0.2, 0.25) is 0 Å². The zero-order chi connectivity index (χ0) is 18.9. The maximum Gasteiger partial charge on any atom is 0.0795 e. The number of hydrogen-bond donors (Lipinski definition) is 0. The Hall–Kier alpha value is -1.89. The third-order valence-corrected chi connectivity index (χ3v) is 0. The van der Waals surface area contributed by atoms with Crippen LogP contribution >= 0.6 is 0 Å². The van der Waals surface area contributed by atoms with Crippen molar-refractivity contribution in [2.24, 2.45) is 0 Å². The van der Waals surface area contributed by atoms with Crippen molar-refractivity contribution in [2.45, 2.75) is 41.5 Å². The fourth-order valence-electron chi connectivity index (χ4n) is 0. The van der Waals surface area contributed by atoms with Crippen LogP contribution in [0.15, 0.2) is 88.8 Å². The Morgan fingerprint density at radius 2 is 0.429 bits per heavy atom. The molecule has 0 aromatic heterocycles. The summed E-state index contributed by atoms with van der Waals surface area (Å²) in [7, 11) is 0. The van der Waals surface area contributed by atoms with E-state index in [1.165, 1.54) is 0 Å². The van der Waals surface area contributed by atoms with Crippen LogP contribution in [0.25, 0.3) is 0 Å². The minimum Gasteiger partial charge on any atom is -0.216 e. The van der Waals surface area contributed by atoms with Gasteiger partial charge in [0.15, 0.2) is 0 Å². The lowest BCUT2D eigenvalue weighted by molar-refractivity contribution is 0.725. The van der Waals surface area contributed by atoms with Crippen LogP contribution in [0.4, 0.5) is 4.39 Å². The summed E-state index contributed by atoms with van der Waals surface area (Å²) in [4.78, 5) is 0. The molecule has 0 spiro atoms. The van der Waals surface area contributed by atoms with Gasteiger partial charge in [0.1, 0.15) is 0 Å². The van der Waals surface area contributed by atoms with E-state index in [2.05, 4.69) is 46.1 Å². The topological polar surface area (TPSA) is 0 Å². The highest BCUT2D eigenvalue weighted by molar-refractivity contribution is 4.53. The molecule has 0 saturated carbocycles. The first-order chi connectivity index (χ1) is 9.90. The largest absolute Gasteiger partial charge is 0.216 e. The summed E-state index contributed by atoms with van der Waals surface area (Å²) in [6.45, 7) is 34.2. The minimum absolute atomic E-state index is 0.250. The molecule has 21 heavy (non-hydrogen) atoms. The third kappa shape index (κ3) is 1320. The first-order valence-corrected chi connectivity index (χ1v) is 6.54. The fraction of sp³-hybridized carbons (Fsp3) is 0.300. The van der Waals surface area contributed by atoms with Crippen LogP contribution in [-0.2, 0) is 0 Å². The van der Waals surface area contributed by atoms with Crippen LogP contribution < -0.4 is 0 Å². The molecule has 0 aliphatic carbocycles. The molecule has 0 fully saturated rings. The van der Waals surface area contributed by atoms with Gasteiger partial charge in [-0.2, -0.15) is 0 Å². The van der Waals surface area contributed by atoms with Crippen LogP contribution in [0.1, 0.15) is 41.5 Å². The van der Waals surface area contributed by atoms with Crippen molar-refractivity contribution in [2.75, 3.05) is 0 Å². The van der Waals surface area contributed by atoms with Crippen molar-refractivity contribution in [1.82, 2.24) is 0 Å². The van der Waals surface area contributed by atoms with Crippen molar-refractivity contribution >= 4 is 0 Å². The SMILES string of the molecule is C=CC.C=CC.C=CC.C=CC.C=CC.C=CC.C=CF. The summed E-state index contributed by atoms with van der Waals surface area (Å²) in [6, 6.07) is 0. The lowest BCUT2D eigenvalue weighted by Crippen LogP contribution is -1.07. The highest BCUT2D eigenvalue weighted by Gasteiger charge is 1.19. The van der Waals surface area contributed by atoms with E-state index in [0.29, 0.717) is 0 Å². The van der Waals surface area contributed by atoms with Gasteiger partial charge in [-0.1, -0.05) is 43.0 Å². The van der Waals surface area contributed by atoms with Gasteiger partial charge >= 0.3 is 0 Å². The van der Waals surface area contributed by atoms with Gasteiger partial charge in [0.05, 0.1) is 6.33 Å². The molecule has 0 atom stereocenters. The molecular formula is C20H39F. The molecule has 0 unspecified atom stereocenters. The normalized spacial score (nSPS) is 4.33. The highest BCUT2D eigenvalue weighted by atomic mass is 19.1. The summed E-state index contributed by atoms with van der Waals surface area (Å²) in [5.74, 6) is 0. The lowest BCUT2D eigenvalue weighted by atomic mass is 10.8. The van der Waals surface area contributed by atoms with Crippen LogP contribution in [0, 0.1) is 0 Å². The summed E-state index contributed by atoms with van der Waals surface area (Å²) in [5, 5.41) is 0. The minimum atomic E-state index is 0.250. The van der Waals surface area contributed by atoms with Gasteiger partial charge in [-0.05, 0) is 41.5 Å². The molecule has 0 rings (SSSR count). The molecule has 126 valence electrons. The summed E-state index contributed by atoms with van der Waals surface area (Å²) in [6.07, 6.45) is 10.8. The van der Waals surface area contributed by atoms with Crippen molar-refractivity contribution in [3.63, 3.8) is 0 Å². The molecule has 1 heteroatoms. The molecule has 0 bridgehead atoms. The van der Waals surface area contributed by atoms with E-state index in [-0.39, 0.29) is 6.33 Å². The zero-order valence-electron chi connectivity index (χ0n) is 15.4. The highest BCUT2D eigenvalue weighted by Crippen LogP contribution is 1.48. The van der Waals surface area contributed by atoms with Crippen LogP contribution in [-0.4, -0.2) is 0 Å². The molecule has 0 aliphatic rings. The molecule has 0 radical (unpaired) electrons. The Morgan fingerprint density at radius 1 is 0.429 bits per heavy atom. The zero-order valence-corrected chi connectivity index (χ0v) is 15.4. The Kier molecular flexibility index (Phi) is 413. The van der Waals surface area contributed by atoms with Gasteiger partial charge in [0.2, 0.25) is 0 Å². The molecule has 0 aliphatic heterocycles. The number of halogens is 1. The van der Waals surface area contributed by atoms with Crippen molar-refractivity contribution < 1.29 is 4.39 Å². The molecule has 0 amide bonds. The van der Waals surface area contributed by atoms with E-state index in [1.54, 1.807) is 36.5 Å². The molecule has 0 heterocycles. The van der Waals surface area contributed by atoms with Gasteiger partial charge in [-0.15, -0.1) is 39.5 Å². The molecule has 0 N–H and O–H groups in total. The first kappa shape index (κ1) is 42.7. The van der Waals surface area contributed by atoms with Gasteiger partial charge in [-0.3, -0.25) is 0 Å². The molecule has 0 aromatic carbocycles. The number of hydrogen-bond acceptors (Lipinski definition) is 0. The fourth-order valence-corrected chi connectivity index (χ4v) is 0. The summed E-state index contributed by atoms with van der Waals surface area (Å²) in [5.41, 5.74) is 0. The Balaban J connectivity index is -0.0000000218. The lowest BCUT2D eigenvalue weighted by Gasteiger charge is -1.31. The molecular weight excluding hydrogens is 259 g/mol. The van der Waals surface area contributed by atoms with Gasteiger partial charge in [0, 0.05) is 0 Å². The van der Waals surface area contributed by atoms with E-state index in [9.17, 15) is 4.39 Å². The second-order valence-corrected chi connectivity index (χ2v) is 2.60. The smallest absolute Gasteiger partial charge is 0.0795 e. The second kappa shape index (κ2) is 203.